The van der Waals surface area contributed by atoms with E-state index in [2.05, 4.69) is 72.8 Å². The summed E-state index contributed by atoms with van der Waals surface area (Å²) in [7, 11) is -0.990. The van der Waals surface area contributed by atoms with Crippen LogP contribution >= 0.6 is 0 Å². The molecule has 1 heterocycles. The topological polar surface area (TPSA) is 17.1 Å². The summed E-state index contributed by atoms with van der Waals surface area (Å²) in [4.78, 5) is 1.94. The second kappa shape index (κ2) is 7.65. The van der Waals surface area contributed by atoms with Crippen LogP contribution in [0.25, 0.3) is 21.5 Å². The third-order valence-corrected chi connectivity index (χ3v) is 6.94. The van der Waals surface area contributed by atoms with E-state index < -0.39 is 10.8 Å². The predicted octanol–water partition coefficient (Wildman–Crippen LogP) is 6.75. The van der Waals surface area contributed by atoms with Crippen molar-refractivity contribution >= 4 is 32.3 Å². The van der Waals surface area contributed by atoms with Gasteiger partial charge in [0.25, 0.3) is 0 Å². The molecule has 1 aliphatic heterocycles. The van der Waals surface area contributed by atoms with Gasteiger partial charge in [0.1, 0.15) is 0 Å². The largest absolute Gasteiger partial charge is 0.249 e. The quantitative estimate of drug-likeness (QED) is 0.261. The van der Waals surface area contributed by atoms with Gasteiger partial charge in [-0.05, 0) is 63.4 Å². The summed E-state index contributed by atoms with van der Waals surface area (Å²) in [6.07, 6.45) is 0.901. The first-order chi connectivity index (χ1) is 14.3. The molecule has 0 fully saturated rings. The van der Waals surface area contributed by atoms with Crippen LogP contribution in [0, 0.1) is 0 Å². The molecule has 6 rings (SSSR count). The van der Waals surface area contributed by atoms with Crippen molar-refractivity contribution in [3.05, 3.63) is 120 Å². The van der Waals surface area contributed by atoms with Crippen LogP contribution in [0.2, 0.25) is 0 Å². The Morgan fingerprint density at radius 2 is 0.828 bits per heavy atom. The van der Waals surface area contributed by atoms with Crippen molar-refractivity contribution in [1.29, 1.82) is 0 Å². The van der Waals surface area contributed by atoms with Gasteiger partial charge >= 0.3 is 0 Å². The van der Waals surface area contributed by atoms with Crippen molar-refractivity contribution in [2.75, 3.05) is 0 Å². The van der Waals surface area contributed by atoms with E-state index in [0.717, 1.165) is 16.2 Å². The minimum absolute atomic E-state index is 0.901. The zero-order chi connectivity index (χ0) is 19.6. The maximum Gasteiger partial charge on any atom is 0.0855 e. The fourth-order valence-corrected chi connectivity index (χ4v) is 5.27. The van der Waals surface area contributed by atoms with E-state index in [1.165, 1.54) is 32.7 Å². The van der Waals surface area contributed by atoms with Crippen LogP contribution in [0.4, 0.5) is 0 Å². The zero-order valence-corrected chi connectivity index (χ0v) is 16.7. The molecule has 0 atom stereocenters. The Kier molecular flexibility index (Phi) is 4.71. The van der Waals surface area contributed by atoms with Gasteiger partial charge in [-0.1, -0.05) is 84.9 Å². The summed E-state index contributed by atoms with van der Waals surface area (Å²) >= 11 is 0. The van der Waals surface area contributed by atoms with Crippen LogP contribution in [0.15, 0.2) is 119 Å². The van der Waals surface area contributed by atoms with Crippen molar-refractivity contribution in [2.24, 2.45) is 0 Å². The Bertz CT molecular complexity index is 1200. The van der Waals surface area contributed by atoms with Crippen LogP contribution in [-0.4, -0.2) is 4.21 Å². The van der Waals surface area contributed by atoms with E-state index in [0.29, 0.717) is 0 Å². The van der Waals surface area contributed by atoms with Gasteiger partial charge in [0.05, 0.1) is 10.8 Å². The lowest BCUT2D eigenvalue weighted by Gasteiger charge is -2.18. The molecule has 0 radical (unpaired) electrons. The van der Waals surface area contributed by atoms with Crippen molar-refractivity contribution < 1.29 is 4.21 Å². The predicted molar refractivity (Wildman–Crippen MR) is 122 cm³/mol. The molecule has 0 amide bonds. The molecule has 0 spiro atoms. The SMILES string of the molecule is O=S1c2ccccc2Cc2ccccc21.c1ccc2cc3ccccc3cc2c1. The summed E-state index contributed by atoms with van der Waals surface area (Å²) in [5, 5.41) is 5.25. The molecule has 0 aromatic heterocycles. The lowest BCUT2D eigenvalue weighted by Crippen LogP contribution is -2.08. The van der Waals surface area contributed by atoms with Gasteiger partial charge in [-0.2, -0.15) is 0 Å². The highest BCUT2D eigenvalue weighted by Crippen LogP contribution is 2.30. The summed E-state index contributed by atoms with van der Waals surface area (Å²) in [6, 6.07) is 37.4. The molecule has 29 heavy (non-hydrogen) atoms. The molecule has 140 valence electrons. The lowest BCUT2D eigenvalue weighted by atomic mass is 10.0. The van der Waals surface area contributed by atoms with Crippen LogP contribution in [0.3, 0.4) is 0 Å². The lowest BCUT2D eigenvalue weighted by molar-refractivity contribution is 0.679. The Hall–Kier alpha value is -3.23. The van der Waals surface area contributed by atoms with Crippen molar-refractivity contribution in [1.82, 2.24) is 0 Å². The van der Waals surface area contributed by atoms with Gasteiger partial charge < -0.3 is 0 Å². The highest BCUT2D eigenvalue weighted by atomic mass is 32.2. The Balaban J connectivity index is 0.000000125. The van der Waals surface area contributed by atoms with Crippen LogP contribution < -0.4 is 0 Å². The first kappa shape index (κ1) is 17.8. The first-order valence-corrected chi connectivity index (χ1v) is 10.9. The summed E-state index contributed by atoms with van der Waals surface area (Å²) in [6.45, 7) is 0. The zero-order valence-electron chi connectivity index (χ0n) is 15.9. The summed E-state index contributed by atoms with van der Waals surface area (Å²) < 4.78 is 12.2. The number of rotatable bonds is 0. The Morgan fingerprint density at radius 3 is 1.24 bits per heavy atom. The first-order valence-electron chi connectivity index (χ1n) is 9.75. The highest BCUT2D eigenvalue weighted by Gasteiger charge is 2.20. The van der Waals surface area contributed by atoms with E-state index in [4.69, 9.17) is 0 Å². The third-order valence-electron chi connectivity index (χ3n) is 5.34. The number of fused-ring (bicyclic) bond motifs is 4. The molecule has 0 unspecified atom stereocenters. The Morgan fingerprint density at radius 1 is 0.483 bits per heavy atom. The van der Waals surface area contributed by atoms with Crippen molar-refractivity contribution in [3.63, 3.8) is 0 Å². The molecule has 0 aliphatic carbocycles. The summed E-state index contributed by atoms with van der Waals surface area (Å²) in [5.41, 5.74) is 2.38. The van der Waals surface area contributed by atoms with E-state index in [-0.39, 0.29) is 0 Å². The third kappa shape index (κ3) is 3.48. The number of benzene rings is 5. The minimum Gasteiger partial charge on any atom is -0.249 e. The van der Waals surface area contributed by atoms with Crippen LogP contribution in [-0.2, 0) is 17.2 Å². The van der Waals surface area contributed by atoms with Crippen molar-refractivity contribution in [2.45, 2.75) is 16.2 Å². The molecule has 0 bridgehead atoms. The maximum absolute atomic E-state index is 12.2. The molecule has 1 nitrogen and oxygen atoms in total. The smallest absolute Gasteiger partial charge is 0.0855 e. The molecule has 1 aliphatic rings. The second-order valence-corrected chi connectivity index (χ2v) is 8.62. The van der Waals surface area contributed by atoms with Gasteiger partial charge in [-0.15, -0.1) is 0 Å². The molecule has 0 saturated carbocycles. The summed E-state index contributed by atoms with van der Waals surface area (Å²) in [5.74, 6) is 0. The average Bonchev–Trinajstić information content (AvgIpc) is 2.78. The minimum atomic E-state index is -0.990. The van der Waals surface area contributed by atoms with E-state index >= 15 is 0 Å². The molecule has 2 heteroatoms. The highest BCUT2D eigenvalue weighted by molar-refractivity contribution is 7.85. The second-order valence-electron chi connectivity index (χ2n) is 7.21. The van der Waals surface area contributed by atoms with Crippen molar-refractivity contribution in [3.8, 4) is 0 Å². The molecular formula is C27H20OS. The van der Waals surface area contributed by atoms with E-state index in [1.807, 2.05) is 36.4 Å². The van der Waals surface area contributed by atoms with Gasteiger partial charge in [0, 0.05) is 9.79 Å². The monoisotopic (exact) mass is 392 g/mol. The van der Waals surface area contributed by atoms with Crippen LogP contribution in [0.5, 0.6) is 0 Å². The molecule has 0 saturated heterocycles. The maximum atomic E-state index is 12.2. The standard InChI is InChI=1S/C14H10.C13H10OS/c1-2-6-12-10-14-8-4-3-7-13(14)9-11(12)5-1;14-15-12-7-3-1-5-10(12)9-11-6-2-4-8-13(11)15/h1-10H;1-8H,9H2. The van der Waals surface area contributed by atoms with Gasteiger partial charge in [0.2, 0.25) is 0 Å². The van der Waals surface area contributed by atoms with Gasteiger partial charge in [-0.3, -0.25) is 0 Å². The normalized spacial score (nSPS) is 12.7. The fraction of sp³-hybridized carbons (Fsp3) is 0.0370. The molecular weight excluding hydrogens is 372 g/mol. The van der Waals surface area contributed by atoms with Gasteiger partial charge in [0.15, 0.2) is 0 Å². The van der Waals surface area contributed by atoms with E-state index in [1.54, 1.807) is 0 Å². The number of hydrogen-bond donors (Lipinski definition) is 0. The molecule has 5 aromatic carbocycles. The molecule has 5 aromatic rings. The fourth-order valence-electron chi connectivity index (χ4n) is 3.87. The van der Waals surface area contributed by atoms with E-state index in [9.17, 15) is 4.21 Å². The van der Waals surface area contributed by atoms with Crippen LogP contribution in [0.1, 0.15) is 11.1 Å². The average molecular weight is 393 g/mol. The van der Waals surface area contributed by atoms with Gasteiger partial charge in [-0.25, -0.2) is 4.21 Å². The number of hydrogen-bond acceptors (Lipinski definition) is 1. The Labute approximate surface area is 173 Å². The molecule has 0 N–H and O–H groups in total.